The quantitative estimate of drug-likeness (QED) is 0.560. The molecule has 0 N–H and O–H groups in total. The molecule has 3 aliphatic heterocycles. The summed E-state index contributed by atoms with van der Waals surface area (Å²) in [5, 5.41) is 23.1. The number of piperidine rings is 1. The Labute approximate surface area is 160 Å². The van der Waals surface area contributed by atoms with Crippen molar-refractivity contribution in [1.82, 2.24) is 4.57 Å². The molecule has 0 aliphatic carbocycles. The van der Waals surface area contributed by atoms with Crippen molar-refractivity contribution in [2.45, 2.75) is 31.3 Å². The van der Waals surface area contributed by atoms with Crippen molar-refractivity contribution in [1.29, 1.82) is 0 Å². The molecular weight excluding hydrogens is 362 g/mol. The summed E-state index contributed by atoms with van der Waals surface area (Å²) in [6.45, 7) is 1.07. The molecule has 3 aliphatic rings. The molecular formula is C20H18N3O5-. The lowest BCUT2D eigenvalue weighted by molar-refractivity contribution is -0.384. The van der Waals surface area contributed by atoms with Gasteiger partial charge in [0.25, 0.3) is 11.2 Å². The molecule has 28 heavy (non-hydrogen) atoms. The molecule has 5 rings (SSSR count). The van der Waals surface area contributed by atoms with Crippen LogP contribution in [0.2, 0.25) is 0 Å². The van der Waals surface area contributed by atoms with Crippen LogP contribution in [0.5, 0.6) is 0 Å². The van der Waals surface area contributed by atoms with Crippen molar-refractivity contribution in [3.05, 3.63) is 68.1 Å². The summed E-state index contributed by atoms with van der Waals surface area (Å²) < 4.78 is 1.77. The molecule has 4 heterocycles. The number of hydrogen-bond acceptors (Lipinski definition) is 6. The molecule has 4 atom stereocenters. The number of carboxylic acid groups (broad SMARTS) is 1. The monoisotopic (exact) mass is 380 g/mol. The highest BCUT2D eigenvalue weighted by Crippen LogP contribution is 2.47. The van der Waals surface area contributed by atoms with Gasteiger partial charge in [-0.25, -0.2) is 0 Å². The van der Waals surface area contributed by atoms with Gasteiger partial charge in [-0.2, -0.15) is 0 Å². The molecule has 0 amide bonds. The van der Waals surface area contributed by atoms with Gasteiger partial charge >= 0.3 is 0 Å². The summed E-state index contributed by atoms with van der Waals surface area (Å²) in [5.74, 6) is -1.77. The number of rotatable bonds is 2. The fourth-order valence-electron chi connectivity index (χ4n) is 5.43. The summed E-state index contributed by atoms with van der Waals surface area (Å²) in [6.07, 6.45) is 1.04. The number of carbonyl (C=O) groups excluding carboxylic acids is 1. The van der Waals surface area contributed by atoms with E-state index in [1.54, 1.807) is 16.7 Å². The van der Waals surface area contributed by atoms with Gasteiger partial charge in [-0.05, 0) is 36.5 Å². The van der Waals surface area contributed by atoms with Crippen LogP contribution in [-0.4, -0.2) is 28.0 Å². The number of nitro benzene ring substituents is 1. The number of carbonyl (C=O) groups is 1. The first-order valence-electron chi connectivity index (χ1n) is 9.38. The highest BCUT2D eigenvalue weighted by molar-refractivity contribution is 5.74. The third-order valence-electron chi connectivity index (χ3n) is 6.50. The Bertz CT molecular complexity index is 1060. The number of carboxylic acids is 1. The number of aliphatic carboxylic acids is 1. The van der Waals surface area contributed by atoms with Crippen molar-refractivity contribution < 1.29 is 14.8 Å². The third-order valence-corrected chi connectivity index (χ3v) is 6.50. The van der Waals surface area contributed by atoms with Gasteiger partial charge in [0.2, 0.25) is 0 Å². The van der Waals surface area contributed by atoms with Crippen molar-refractivity contribution >= 4 is 17.3 Å². The van der Waals surface area contributed by atoms with Gasteiger partial charge in [0.15, 0.2) is 0 Å². The lowest BCUT2D eigenvalue weighted by Gasteiger charge is -2.54. The van der Waals surface area contributed by atoms with Gasteiger partial charge < -0.3 is 19.4 Å². The van der Waals surface area contributed by atoms with E-state index >= 15 is 0 Å². The molecule has 0 unspecified atom stereocenters. The standard InChI is InChI=1S/C20H19N3O5/c24-18-3-1-2-16-12-6-13(10-21(16)18)19-15(20(25)26)8-11-7-14(23(27)28)4-5-17(11)22(19)9-12/h1-5,7,12-13,15,19H,6,8-10H2,(H,25,26)/p-1/t12-,13-,15+,19-/m1/s1. The maximum atomic E-state index is 12.3. The minimum absolute atomic E-state index is 0.0117. The lowest BCUT2D eigenvalue weighted by atomic mass is 9.70. The number of aromatic nitrogens is 1. The number of fused-ring (bicyclic) bond motifs is 8. The minimum atomic E-state index is -1.14. The van der Waals surface area contributed by atoms with E-state index in [1.165, 1.54) is 18.2 Å². The molecule has 8 nitrogen and oxygen atoms in total. The fraction of sp³-hybridized carbons (Fsp3) is 0.400. The Morgan fingerprint density at radius 3 is 2.75 bits per heavy atom. The third kappa shape index (κ3) is 2.37. The Morgan fingerprint density at radius 2 is 2.00 bits per heavy atom. The summed E-state index contributed by atoms with van der Waals surface area (Å²) in [7, 11) is 0. The number of nitrogens with zero attached hydrogens (tertiary/aromatic N) is 3. The van der Waals surface area contributed by atoms with Crippen LogP contribution < -0.4 is 15.6 Å². The van der Waals surface area contributed by atoms with E-state index in [0.29, 0.717) is 18.7 Å². The zero-order valence-corrected chi connectivity index (χ0v) is 15.0. The van der Waals surface area contributed by atoms with Gasteiger partial charge in [0.1, 0.15) is 0 Å². The topological polar surface area (TPSA) is 109 Å². The molecule has 2 bridgehead atoms. The number of non-ortho nitro benzene ring substituents is 1. The van der Waals surface area contributed by atoms with Crippen LogP contribution in [0, 0.1) is 22.0 Å². The number of nitro groups is 1. The van der Waals surface area contributed by atoms with E-state index in [2.05, 4.69) is 4.90 Å². The molecule has 0 saturated carbocycles. The minimum Gasteiger partial charge on any atom is -0.550 e. The molecule has 2 aromatic rings. The van der Waals surface area contributed by atoms with Crippen LogP contribution in [0.25, 0.3) is 0 Å². The lowest BCUT2D eigenvalue weighted by Crippen LogP contribution is -2.61. The average molecular weight is 380 g/mol. The average Bonchev–Trinajstić information content (AvgIpc) is 2.67. The molecule has 8 heteroatoms. The second-order valence-corrected chi connectivity index (χ2v) is 7.93. The van der Waals surface area contributed by atoms with Crippen molar-refractivity contribution in [2.24, 2.45) is 11.8 Å². The maximum Gasteiger partial charge on any atom is 0.269 e. The molecule has 0 radical (unpaired) electrons. The summed E-state index contributed by atoms with van der Waals surface area (Å²) in [5.41, 5.74) is 2.40. The SMILES string of the molecule is O=C([O-])[C@H]1Cc2cc([N+](=O)[O-])ccc2N2C[C@H]3C[C@H](Cn4c3cccc4=O)[C@H]12. The predicted octanol–water partition coefficient (Wildman–Crippen LogP) is 0.671. The summed E-state index contributed by atoms with van der Waals surface area (Å²) in [6, 6.07) is 9.65. The van der Waals surface area contributed by atoms with E-state index < -0.39 is 16.8 Å². The Balaban J connectivity index is 1.64. The van der Waals surface area contributed by atoms with E-state index in [-0.39, 0.29) is 35.5 Å². The zero-order valence-electron chi connectivity index (χ0n) is 15.0. The van der Waals surface area contributed by atoms with E-state index in [9.17, 15) is 24.8 Å². The first-order valence-corrected chi connectivity index (χ1v) is 9.38. The zero-order chi connectivity index (χ0) is 19.6. The first-order chi connectivity index (χ1) is 13.4. The summed E-state index contributed by atoms with van der Waals surface area (Å²) >= 11 is 0. The van der Waals surface area contributed by atoms with Crippen LogP contribution in [0.3, 0.4) is 0 Å². The smallest absolute Gasteiger partial charge is 0.269 e. The number of anilines is 1. The fourth-order valence-corrected chi connectivity index (χ4v) is 5.43. The van der Waals surface area contributed by atoms with Crippen LogP contribution in [0.15, 0.2) is 41.2 Å². The van der Waals surface area contributed by atoms with Gasteiger partial charge in [0.05, 0.1) is 4.92 Å². The van der Waals surface area contributed by atoms with Crippen LogP contribution >= 0.6 is 0 Å². The number of benzene rings is 1. The van der Waals surface area contributed by atoms with Crippen LogP contribution in [-0.2, 0) is 17.8 Å². The van der Waals surface area contributed by atoms with Crippen molar-refractivity contribution in [3.8, 4) is 0 Å². The molecule has 144 valence electrons. The molecule has 1 aromatic heterocycles. The van der Waals surface area contributed by atoms with Crippen LogP contribution in [0.4, 0.5) is 11.4 Å². The first kappa shape index (κ1) is 17.0. The highest BCUT2D eigenvalue weighted by Gasteiger charge is 2.47. The molecule has 1 fully saturated rings. The molecule has 0 spiro atoms. The van der Waals surface area contributed by atoms with Gasteiger partial charge in [-0.3, -0.25) is 14.9 Å². The van der Waals surface area contributed by atoms with E-state index in [1.807, 2.05) is 6.07 Å². The largest absolute Gasteiger partial charge is 0.550 e. The predicted molar refractivity (Wildman–Crippen MR) is 98.0 cm³/mol. The van der Waals surface area contributed by atoms with Gasteiger partial charge in [0, 0.05) is 66.5 Å². The van der Waals surface area contributed by atoms with Gasteiger partial charge in [-0.1, -0.05) is 6.07 Å². The second-order valence-electron chi connectivity index (χ2n) is 7.93. The number of pyridine rings is 1. The van der Waals surface area contributed by atoms with E-state index in [0.717, 1.165) is 17.8 Å². The Morgan fingerprint density at radius 1 is 1.18 bits per heavy atom. The summed E-state index contributed by atoms with van der Waals surface area (Å²) in [4.78, 5) is 37.1. The molecule has 1 saturated heterocycles. The molecule has 1 aromatic carbocycles. The normalized spacial score (nSPS) is 27.4. The highest BCUT2D eigenvalue weighted by atomic mass is 16.6. The van der Waals surface area contributed by atoms with Crippen molar-refractivity contribution in [3.63, 3.8) is 0 Å². The number of hydrogen-bond donors (Lipinski definition) is 0. The Hall–Kier alpha value is -3.16. The Kier molecular flexibility index (Phi) is 3.59. The van der Waals surface area contributed by atoms with Crippen LogP contribution in [0.1, 0.15) is 23.6 Å². The second kappa shape index (κ2) is 5.92. The van der Waals surface area contributed by atoms with Gasteiger partial charge in [-0.15, -0.1) is 0 Å². The maximum absolute atomic E-state index is 12.3. The van der Waals surface area contributed by atoms with E-state index in [4.69, 9.17) is 0 Å². The van der Waals surface area contributed by atoms with Crippen molar-refractivity contribution in [2.75, 3.05) is 11.4 Å².